The maximum atomic E-state index is 13.0. The van der Waals surface area contributed by atoms with Crippen molar-refractivity contribution in [2.45, 2.75) is 11.3 Å². The zero-order valence-electron chi connectivity index (χ0n) is 18.6. The van der Waals surface area contributed by atoms with Crippen molar-refractivity contribution >= 4 is 40.9 Å². The third kappa shape index (κ3) is 7.69. The van der Waals surface area contributed by atoms with Gasteiger partial charge in [0.2, 0.25) is 5.91 Å². The Balaban J connectivity index is 1.59. The van der Waals surface area contributed by atoms with Crippen LogP contribution in [0.15, 0.2) is 83.8 Å². The van der Waals surface area contributed by atoms with E-state index in [1.807, 2.05) is 12.1 Å². The number of carbonyl (C=O) groups excluding carboxylic acids is 3. The number of nitrogens with zero attached hydrogens (tertiary/aromatic N) is 2. The Bertz CT molecular complexity index is 1210. The monoisotopic (exact) mass is 491 g/mol. The van der Waals surface area contributed by atoms with Gasteiger partial charge in [-0.2, -0.15) is 5.26 Å². The average Bonchev–Trinajstić information content (AvgIpc) is 2.88. The minimum absolute atomic E-state index is 0.0105. The summed E-state index contributed by atoms with van der Waals surface area (Å²) in [6.07, 6.45) is 0.133. The van der Waals surface area contributed by atoms with Gasteiger partial charge in [-0.15, -0.1) is 11.8 Å². The SMILES string of the molecule is N#CCCN(C(=O)COC(=O)c1ccccc1SCC(=O)Nc1ccc(F)cc1)c1ccccc1. The summed E-state index contributed by atoms with van der Waals surface area (Å²) >= 11 is 1.14. The van der Waals surface area contributed by atoms with Crippen molar-refractivity contribution in [1.82, 2.24) is 0 Å². The third-order valence-electron chi connectivity index (χ3n) is 4.74. The molecule has 0 saturated heterocycles. The van der Waals surface area contributed by atoms with Crippen molar-refractivity contribution in [2.75, 3.05) is 29.1 Å². The number of esters is 1. The Labute approximate surface area is 206 Å². The first kappa shape index (κ1) is 25.5. The molecule has 1 N–H and O–H groups in total. The van der Waals surface area contributed by atoms with E-state index in [2.05, 4.69) is 5.32 Å². The number of nitriles is 1. The smallest absolute Gasteiger partial charge is 0.339 e. The molecule has 3 aromatic carbocycles. The number of para-hydroxylation sites is 1. The first-order chi connectivity index (χ1) is 17.0. The molecular weight excluding hydrogens is 469 g/mol. The van der Waals surface area contributed by atoms with E-state index >= 15 is 0 Å². The molecule has 0 aromatic heterocycles. The topological polar surface area (TPSA) is 99.5 Å². The highest BCUT2D eigenvalue weighted by atomic mass is 32.2. The van der Waals surface area contributed by atoms with E-state index in [-0.39, 0.29) is 30.2 Å². The molecule has 0 aliphatic heterocycles. The van der Waals surface area contributed by atoms with Crippen LogP contribution in [0.1, 0.15) is 16.8 Å². The molecule has 35 heavy (non-hydrogen) atoms. The van der Waals surface area contributed by atoms with Crippen molar-refractivity contribution in [3.63, 3.8) is 0 Å². The van der Waals surface area contributed by atoms with Crippen LogP contribution < -0.4 is 10.2 Å². The van der Waals surface area contributed by atoms with Crippen LogP contribution in [0.4, 0.5) is 15.8 Å². The summed E-state index contributed by atoms with van der Waals surface area (Å²) in [5.41, 5.74) is 1.29. The number of amides is 2. The highest BCUT2D eigenvalue weighted by Crippen LogP contribution is 2.24. The van der Waals surface area contributed by atoms with Crippen LogP contribution >= 0.6 is 11.8 Å². The van der Waals surface area contributed by atoms with Gasteiger partial charge in [0.15, 0.2) is 6.61 Å². The molecule has 0 aliphatic rings. The van der Waals surface area contributed by atoms with Gasteiger partial charge in [0.25, 0.3) is 5.91 Å². The summed E-state index contributed by atoms with van der Waals surface area (Å²) in [5, 5.41) is 11.6. The van der Waals surface area contributed by atoms with Crippen molar-refractivity contribution < 1.29 is 23.5 Å². The highest BCUT2D eigenvalue weighted by Gasteiger charge is 2.20. The molecule has 0 aliphatic carbocycles. The van der Waals surface area contributed by atoms with Gasteiger partial charge in [-0.05, 0) is 48.5 Å². The molecule has 0 unspecified atom stereocenters. The van der Waals surface area contributed by atoms with Crippen molar-refractivity contribution in [3.8, 4) is 6.07 Å². The Hall–Kier alpha value is -4.16. The lowest BCUT2D eigenvalue weighted by Crippen LogP contribution is -2.35. The molecule has 7 nitrogen and oxygen atoms in total. The van der Waals surface area contributed by atoms with E-state index in [9.17, 15) is 18.8 Å². The Kier molecular flexibility index (Phi) is 9.39. The minimum atomic E-state index is -0.700. The van der Waals surface area contributed by atoms with E-state index in [1.165, 1.54) is 29.2 Å². The van der Waals surface area contributed by atoms with Crippen molar-refractivity contribution in [3.05, 3.63) is 90.2 Å². The Morgan fingerprint density at radius 1 is 0.971 bits per heavy atom. The predicted molar refractivity (Wildman–Crippen MR) is 132 cm³/mol. The first-order valence-electron chi connectivity index (χ1n) is 10.6. The molecule has 3 rings (SSSR count). The normalized spacial score (nSPS) is 10.2. The lowest BCUT2D eigenvalue weighted by atomic mass is 10.2. The molecule has 178 valence electrons. The van der Waals surface area contributed by atoms with Gasteiger partial charge in [0, 0.05) is 22.8 Å². The number of hydrogen-bond donors (Lipinski definition) is 1. The summed E-state index contributed by atoms with van der Waals surface area (Å²) < 4.78 is 18.3. The quantitative estimate of drug-likeness (QED) is 0.327. The van der Waals surface area contributed by atoms with Gasteiger partial charge < -0.3 is 15.0 Å². The van der Waals surface area contributed by atoms with E-state index in [1.54, 1.807) is 48.5 Å². The molecular formula is C26H22FN3O4S. The zero-order chi connectivity index (χ0) is 25.0. The molecule has 0 spiro atoms. The fourth-order valence-corrected chi connectivity index (χ4v) is 3.93. The molecule has 0 bridgehead atoms. The van der Waals surface area contributed by atoms with Crippen LogP contribution in [0.3, 0.4) is 0 Å². The summed E-state index contributed by atoms with van der Waals surface area (Å²) in [7, 11) is 0. The molecule has 0 fully saturated rings. The van der Waals surface area contributed by atoms with E-state index in [4.69, 9.17) is 10.00 Å². The number of nitrogens with one attached hydrogen (secondary N) is 1. The van der Waals surface area contributed by atoms with Gasteiger partial charge in [-0.25, -0.2) is 9.18 Å². The number of rotatable bonds is 10. The number of benzene rings is 3. The number of halogens is 1. The highest BCUT2D eigenvalue weighted by molar-refractivity contribution is 8.00. The largest absolute Gasteiger partial charge is 0.452 e. The van der Waals surface area contributed by atoms with Gasteiger partial charge in [-0.3, -0.25) is 9.59 Å². The van der Waals surface area contributed by atoms with E-state index in [0.29, 0.717) is 16.3 Å². The fourth-order valence-electron chi connectivity index (χ4n) is 3.09. The van der Waals surface area contributed by atoms with E-state index < -0.39 is 24.3 Å². The summed E-state index contributed by atoms with van der Waals surface area (Å²) in [6.45, 7) is -0.324. The zero-order valence-corrected chi connectivity index (χ0v) is 19.5. The van der Waals surface area contributed by atoms with Gasteiger partial charge in [0.05, 0.1) is 23.8 Å². The molecule has 2 amide bonds. The number of thioether (sulfide) groups is 1. The van der Waals surface area contributed by atoms with Crippen LogP contribution in [0.2, 0.25) is 0 Å². The van der Waals surface area contributed by atoms with Gasteiger partial charge >= 0.3 is 5.97 Å². The fraction of sp³-hybridized carbons (Fsp3) is 0.154. The second-order valence-electron chi connectivity index (χ2n) is 7.21. The molecule has 9 heteroatoms. The average molecular weight is 492 g/mol. The maximum Gasteiger partial charge on any atom is 0.339 e. The summed E-state index contributed by atoms with van der Waals surface area (Å²) in [6, 6.07) is 22.8. The second kappa shape index (κ2) is 12.9. The van der Waals surface area contributed by atoms with Crippen LogP contribution in [-0.2, 0) is 14.3 Å². The van der Waals surface area contributed by atoms with Crippen LogP contribution in [0, 0.1) is 17.1 Å². The third-order valence-corrected chi connectivity index (χ3v) is 5.81. The number of hydrogen-bond acceptors (Lipinski definition) is 6. The molecule has 0 radical (unpaired) electrons. The van der Waals surface area contributed by atoms with E-state index in [0.717, 1.165) is 11.8 Å². The van der Waals surface area contributed by atoms with Crippen molar-refractivity contribution in [2.24, 2.45) is 0 Å². The maximum absolute atomic E-state index is 13.0. The molecule has 0 heterocycles. The van der Waals surface area contributed by atoms with Gasteiger partial charge in [-0.1, -0.05) is 30.3 Å². The molecule has 0 saturated carbocycles. The number of ether oxygens (including phenoxy) is 1. The summed E-state index contributed by atoms with van der Waals surface area (Å²) in [5.74, 6) is -1.87. The first-order valence-corrected chi connectivity index (χ1v) is 11.6. The molecule has 0 atom stereocenters. The standard InChI is InChI=1S/C26H22FN3O4S/c27-19-11-13-20(14-12-19)29-24(31)18-35-23-10-5-4-9-22(23)26(33)34-17-25(32)30(16-6-15-28)21-7-2-1-3-8-21/h1-5,7-14H,6,16-18H2,(H,29,31). The lowest BCUT2D eigenvalue weighted by Gasteiger charge is -2.21. The molecule has 3 aromatic rings. The predicted octanol–water partition coefficient (Wildman–Crippen LogP) is 4.66. The van der Waals surface area contributed by atoms with Crippen LogP contribution in [-0.4, -0.2) is 36.7 Å². The van der Waals surface area contributed by atoms with Gasteiger partial charge in [0.1, 0.15) is 5.82 Å². The van der Waals surface area contributed by atoms with Crippen LogP contribution in [0.5, 0.6) is 0 Å². The Morgan fingerprint density at radius 2 is 1.66 bits per heavy atom. The second-order valence-corrected chi connectivity index (χ2v) is 8.22. The Morgan fingerprint density at radius 3 is 2.37 bits per heavy atom. The minimum Gasteiger partial charge on any atom is -0.452 e. The van der Waals surface area contributed by atoms with Crippen molar-refractivity contribution in [1.29, 1.82) is 5.26 Å². The van der Waals surface area contributed by atoms with Crippen LogP contribution in [0.25, 0.3) is 0 Å². The number of carbonyl (C=O) groups is 3. The summed E-state index contributed by atoms with van der Waals surface area (Å²) in [4.78, 5) is 39.6. The number of anilines is 2. The lowest BCUT2D eigenvalue weighted by molar-refractivity contribution is -0.121.